The van der Waals surface area contributed by atoms with Crippen LogP contribution in [0.4, 0.5) is 0 Å². The zero-order valence-corrected chi connectivity index (χ0v) is 21.2. The standard InChI is InChI=1S/C27H53NO4/c1-3-4-5-6-7-8-9-11-14-27(29)25-26(2)15-19-30-21-23-32-24-22-31-20-18-28-16-12-10-13-17-28/h27,29H,2-25H2,1H3. The van der Waals surface area contributed by atoms with Crippen molar-refractivity contribution in [3.63, 3.8) is 0 Å². The highest BCUT2D eigenvalue weighted by Crippen LogP contribution is 2.15. The number of hydrogen-bond donors (Lipinski definition) is 1. The summed E-state index contributed by atoms with van der Waals surface area (Å²) in [5.41, 5.74) is 1.08. The maximum absolute atomic E-state index is 10.2. The van der Waals surface area contributed by atoms with Gasteiger partial charge in [0.2, 0.25) is 0 Å². The second kappa shape index (κ2) is 22.3. The van der Waals surface area contributed by atoms with Crippen molar-refractivity contribution < 1.29 is 19.3 Å². The number of likely N-dealkylation sites (tertiary alicyclic amines) is 1. The van der Waals surface area contributed by atoms with E-state index in [0.29, 0.717) is 39.5 Å². The minimum atomic E-state index is -0.249. The molecule has 1 unspecified atom stereocenters. The minimum absolute atomic E-state index is 0.249. The van der Waals surface area contributed by atoms with E-state index in [2.05, 4.69) is 18.4 Å². The van der Waals surface area contributed by atoms with Crippen LogP contribution >= 0.6 is 0 Å². The Balaban J connectivity index is 1.78. The van der Waals surface area contributed by atoms with Crippen LogP contribution in [0.5, 0.6) is 0 Å². The molecule has 1 fully saturated rings. The highest BCUT2D eigenvalue weighted by atomic mass is 16.5. The Bertz CT molecular complexity index is 412. The molecule has 32 heavy (non-hydrogen) atoms. The van der Waals surface area contributed by atoms with E-state index < -0.39 is 0 Å². The summed E-state index contributed by atoms with van der Waals surface area (Å²) in [6, 6.07) is 0. The van der Waals surface area contributed by atoms with Crippen LogP contribution in [0.15, 0.2) is 12.2 Å². The lowest BCUT2D eigenvalue weighted by Crippen LogP contribution is -2.32. The molecule has 0 spiro atoms. The van der Waals surface area contributed by atoms with Gasteiger partial charge in [0.1, 0.15) is 0 Å². The molecule has 1 N–H and O–H groups in total. The fourth-order valence-electron chi connectivity index (χ4n) is 4.19. The Hall–Kier alpha value is -0.460. The molecule has 190 valence electrons. The first-order chi connectivity index (χ1) is 15.7. The maximum atomic E-state index is 10.2. The van der Waals surface area contributed by atoms with E-state index in [-0.39, 0.29) is 6.10 Å². The molecule has 1 heterocycles. The van der Waals surface area contributed by atoms with Crippen molar-refractivity contribution in [2.24, 2.45) is 0 Å². The fraction of sp³-hybridized carbons (Fsp3) is 0.926. The molecule has 1 aliphatic heterocycles. The predicted molar refractivity (Wildman–Crippen MR) is 134 cm³/mol. The molecule has 0 aromatic carbocycles. The molecule has 1 atom stereocenters. The SMILES string of the molecule is C=C(CCOCCOCCOCCN1CCCCC1)CC(O)CCCCCCCCCC. The van der Waals surface area contributed by atoms with Crippen LogP contribution in [0.3, 0.4) is 0 Å². The number of aliphatic hydroxyl groups excluding tert-OH is 1. The molecule has 5 heteroatoms. The van der Waals surface area contributed by atoms with Gasteiger partial charge in [-0.3, -0.25) is 0 Å². The molecule has 0 aromatic rings. The zero-order chi connectivity index (χ0) is 23.1. The lowest BCUT2D eigenvalue weighted by molar-refractivity contribution is 0.0101. The predicted octanol–water partition coefficient (Wildman–Crippen LogP) is 5.75. The van der Waals surface area contributed by atoms with Gasteiger partial charge < -0.3 is 24.2 Å². The van der Waals surface area contributed by atoms with E-state index in [4.69, 9.17) is 14.2 Å². The van der Waals surface area contributed by atoms with Crippen LogP contribution < -0.4 is 0 Å². The number of nitrogens with zero attached hydrogens (tertiary/aromatic N) is 1. The Labute approximate surface area is 198 Å². The summed E-state index contributed by atoms with van der Waals surface area (Å²) >= 11 is 0. The second-order valence-electron chi connectivity index (χ2n) is 9.36. The molecular weight excluding hydrogens is 402 g/mol. The van der Waals surface area contributed by atoms with Crippen molar-refractivity contribution in [2.45, 2.75) is 103 Å². The molecule has 0 amide bonds. The Kier molecular flexibility index (Phi) is 20.6. The zero-order valence-electron chi connectivity index (χ0n) is 21.2. The average molecular weight is 456 g/mol. The number of piperidine rings is 1. The van der Waals surface area contributed by atoms with Crippen molar-refractivity contribution in [1.82, 2.24) is 4.90 Å². The van der Waals surface area contributed by atoms with Crippen molar-refractivity contribution >= 4 is 0 Å². The molecule has 1 saturated heterocycles. The Morgan fingerprint density at radius 2 is 1.34 bits per heavy atom. The molecule has 0 aliphatic carbocycles. The van der Waals surface area contributed by atoms with Gasteiger partial charge in [-0.25, -0.2) is 0 Å². The van der Waals surface area contributed by atoms with Crippen LogP contribution in [-0.2, 0) is 14.2 Å². The van der Waals surface area contributed by atoms with E-state index in [1.165, 1.54) is 77.3 Å². The minimum Gasteiger partial charge on any atom is -0.393 e. The summed E-state index contributed by atoms with van der Waals surface area (Å²) in [5, 5.41) is 10.2. The summed E-state index contributed by atoms with van der Waals surface area (Å²) < 4.78 is 16.8. The summed E-state index contributed by atoms with van der Waals surface area (Å²) in [5.74, 6) is 0. The van der Waals surface area contributed by atoms with E-state index in [1.54, 1.807) is 0 Å². The van der Waals surface area contributed by atoms with Gasteiger partial charge in [0.25, 0.3) is 0 Å². The van der Waals surface area contributed by atoms with E-state index in [0.717, 1.165) is 38.0 Å². The van der Waals surface area contributed by atoms with Crippen LogP contribution in [0.25, 0.3) is 0 Å². The maximum Gasteiger partial charge on any atom is 0.0701 e. The smallest absolute Gasteiger partial charge is 0.0701 e. The summed E-state index contributed by atoms with van der Waals surface area (Å²) in [6.45, 7) is 13.8. The highest BCUT2D eigenvalue weighted by molar-refractivity contribution is 4.95. The quantitative estimate of drug-likeness (QED) is 0.157. The molecule has 1 aliphatic rings. The molecular formula is C27H53NO4. The second-order valence-corrected chi connectivity index (χ2v) is 9.36. The fourth-order valence-corrected chi connectivity index (χ4v) is 4.19. The van der Waals surface area contributed by atoms with Crippen LogP contribution in [0.2, 0.25) is 0 Å². The Morgan fingerprint density at radius 1 is 0.781 bits per heavy atom. The first-order valence-electron chi connectivity index (χ1n) is 13.5. The van der Waals surface area contributed by atoms with Crippen molar-refractivity contribution in [2.75, 3.05) is 59.3 Å². The van der Waals surface area contributed by atoms with Gasteiger partial charge in [-0.05, 0) is 45.2 Å². The molecule has 1 rings (SSSR count). The average Bonchev–Trinajstić information content (AvgIpc) is 2.80. The van der Waals surface area contributed by atoms with Crippen LogP contribution in [-0.4, -0.2) is 75.4 Å². The number of ether oxygens (including phenoxy) is 3. The first kappa shape index (κ1) is 29.6. The lowest BCUT2D eigenvalue weighted by Gasteiger charge is -2.26. The number of aliphatic hydroxyl groups is 1. The summed E-state index contributed by atoms with van der Waals surface area (Å²) in [7, 11) is 0. The van der Waals surface area contributed by atoms with E-state index in [9.17, 15) is 5.11 Å². The third-order valence-corrected chi connectivity index (χ3v) is 6.26. The summed E-state index contributed by atoms with van der Waals surface area (Å²) in [6.07, 6.45) is 16.6. The number of hydrogen-bond acceptors (Lipinski definition) is 5. The van der Waals surface area contributed by atoms with Crippen molar-refractivity contribution in [3.8, 4) is 0 Å². The van der Waals surface area contributed by atoms with Gasteiger partial charge >= 0.3 is 0 Å². The Morgan fingerprint density at radius 3 is 2.00 bits per heavy atom. The van der Waals surface area contributed by atoms with Gasteiger partial charge in [0, 0.05) is 6.54 Å². The third kappa shape index (κ3) is 19.0. The monoisotopic (exact) mass is 455 g/mol. The first-order valence-corrected chi connectivity index (χ1v) is 13.5. The van der Waals surface area contributed by atoms with Gasteiger partial charge in [0.05, 0.1) is 45.7 Å². The molecule has 0 bridgehead atoms. The van der Waals surface area contributed by atoms with Gasteiger partial charge in [0.15, 0.2) is 0 Å². The van der Waals surface area contributed by atoms with Crippen LogP contribution in [0.1, 0.15) is 96.8 Å². The molecule has 0 radical (unpaired) electrons. The highest BCUT2D eigenvalue weighted by Gasteiger charge is 2.09. The largest absolute Gasteiger partial charge is 0.393 e. The topological polar surface area (TPSA) is 51.2 Å². The van der Waals surface area contributed by atoms with E-state index in [1.807, 2.05) is 0 Å². The molecule has 0 aromatic heterocycles. The summed E-state index contributed by atoms with van der Waals surface area (Å²) in [4.78, 5) is 2.49. The van der Waals surface area contributed by atoms with Gasteiger partial charge in [-0.2, -0.15) is 0 Å². The number of unbranched alkanes of at least 4 members (excludes halogenated alkanes) is 7. The van der Waals surface area contributed by atoms with Crippen LogP contribution in [0, 0.1) is 0 Å². The lowest BCUT2D eigenvalue weighted by atomic mass is 10.0. The van der Waals surface area contributed by atoms with Gasteiger partial charge in [-0.15, -0.1) is 0 Å². The van der Waals surface area contributed by atoms with E-state index >= 15 is 0 Å². The third-order valence-electron chi connectivity index (χ3n) is 6.26. The van der Waals surface area contributed by atoms with Crippen molar-refractivity contribution in [1.29, 1.82) is 0 Å². The molecule has 5 nitrogen and oxygen atoms in total. The normalized spacial score (nSPS) is 15.8. The molecule has 0 saturated carbocycles. The van der Waals surface area contributed by atoms with Crippen molar-refractivity contribution in [3.05, 3.63) is 12.2 Å². The van der Waals surface area contributed by atoms with Gasteiger partial charge in [-0.1, -0.05) is 76.9 Å². The number of rotatable bonds is 23.